The predicted octanol–water partition coefficient (Wildman–Crippen LogP) is 9.26. The zero-order valence-corrected chi connectivity index (χ0v) is 37.2. The number of pyridine rings is 2. The summed E-state index contributed by atoms with van der Waals surface area (Å²) in [5.74, 6) is 2.90. The van der Waals surface area contributed by atoms with Gasteiger partial charge in [0, 0.05) is 33.6 Å². The van der Waals surface area contributed by atoms with Crippen LogP contribution in [0.4, 0.5) is 0 Å². The van der Waals surface area contributed by atoms with Crippen LogP contribution in [0.2, 0.25) is 0 Å². The number of fused-ring (bicyclic) bond motifs is 2. The van der Waals surface area contributed by atoms with Crippen LogP contribution in [-0.2, 0) is 10.1 Å². The van der Waals surface area contributed by atoms with Crippen molar-refractivity contribution in [2.75, 3.05) is 19.8 Å². The summed E-state index contributed by atoms with van der Waals surface area (Å²) in [4.78, 5) is 11.0. The zero-order chi connectivity index (χ0) is 45.8. The molecule has 2 aromatic heterocycles. The molecule has 0 radical (unpaired) electrons. The Kier molecular flexibility index (Phi) is 16.9. The highest BCUT2D eigenvalue weighted by molar-refractivity contribution is 6.28. The fourth-order valence-electron chi connectivity index (χ4n) is 7.80. The van der Waals surface area contributed by atoms with Crippen LogP contribution in [0.5, 0.6) is 23.3 Å². The molecule has 0 N–H and O–H groups in total. The summed E-state index contributed by atoms with van der Waals surface area (Å²) in [6.45, 7) is 5.22. The Hall–Kier alpha value is -7.50. The first-order valence-corrected chi connectivity index (χ1v) is 22.2. The quantitative estimate of drug-likeness (QED) is 0.0413. The smallest absolute Gasteiger partial charge is 0.422 e. The van der Waals surface area contributed by atoms with Crippen molar-refractivity contribution >= 4 is 28.9 Å². The van der Waals surface area contributed by atoms with Crippen LogP contribution in [0.15, 0.2) is 225 Å². The molecule has 0 atom stereocenters. The molecule has 9 aromatic rings. The van der Waals surface area contributed by atoms with Crippen LogP contribution in [-0.4, -0.2) is 27.1 Å². The summed E-state index contributed by atoms with van der Waals surface area (Å²) in [7, 11) is -2.23. The van der Waals surface area contributed by atoms with Gasteiger partial charge in [0.05, 0.1) is 19.5 Å². The van der Waals surface area contributed by atoms with Gasteiger partial charge in [-0.25, -0.2) is 0 Å². The van der Waals surface area contributed by atoms with E-state index in [0.717, 1.165) is 28.7 Å². The number of hydrogen-bond acceptors (Lipinski definition) is 7. The van der Waals surface area contributed by atoms with E-state index in [-0.39, 0.29) is 12.0 Å². The summed E-state index contributed by atoms with van der Waals surface area (Å²) in [5.41, 5.74) is 3.17. The minimum absolute atomic E-state index is 0.159. The maximum Gasteiger partial charge on any atom is 0.422 e. The van der Waals surface area contributed by atoms with Crippen molar-refractivity contribution in [3.63, 3.8) is 0 Å². The molecule has 0 aliphatic rings. The van der Waals surface area contributed by atoms with E-state index in [1.54, 1.807) is 9.46 Å². The van der Waals surface area contributed by atoms with Gasteiger partial charge < -0.3 is 24.2 Å². The number of rotatable bonds is 16. The van der Waals surface area contributed by atoms with Gasteiger partial charge in [0.25, 0.3) is 0 Å². The molecule has 0 unspecified atom stereocenters. The molecular formula is C56H53BN2O7. The van der Waals surface area contributed by atoms with Gasteiger partial charge in [0.15, 0.2) is 13.2 Å². The van der Waals surface area contributed by atoms with Crippen molar-refractivity contribution in [3.05, 3.63) is 241 Å². The minimum Gasteiger partial charge on any atom is -0.871 e. The van der Waals surface area contributed by atoms with E-state index >= 15 is 0 Å². The number of benzene rings is 7. The Morgan fingerprint density at radius 3 is 1.21 bits per heavy atom. The Labute approximate surface area is 387 Å². The average molecular weight is 877 g/mol. The SMILES string of the molecule is CCO[n+]1ccccc1Oc1ccc2ccccc2c1.CCO[n+]1ccccc1Oc1ccc2ccccc2c1.[O-]B([O-])OCCCC(c1ccccc1)(c1ccccc1)c1ccccc1. The third-order valence-electron chi connectivity index (χ3n) is 10.8. The average Bonchev–Trinajstić information content (AvgIpc) is 3.36. The molecule has 0 bridgehead atoms. The van der Waals surface area contributed by atoms with Crippen LogP contribution in [0.3, 0.4) is 0 Å². The van der Waals surface area contributed by atoms with Gasteiger partial charge in [-0.3, -0.25) is 9.68 Å². The van der Waals surface area contributed by atoms with Crippen molar-refractivity contribution in [1.29, 1.82) is 0 Å². The molecule has 9 rings (SSSR count). The predicted molar refractivity (Wildman–Crippen MR) is 256 cm³/mol. The molecule has 0 aliphatic heterocycles. The fraction of sp³-hybridized carbons (Fsp3) is 0.143. The third kappa shape index (κ3) is 12.4. The van der Waals surface area contributed by atoms with Crippen molar-refractivity contribution in [2.24, 2.45) is 0 Å². The van der Waals surface area contributed by atoms with Crippen LogP contribution in [0.25, 0.3) is 21.5 Å². The molecule has 0 amide bonds. The largest absolute Gasteiger partial charge is 0.871 e. The second kappa shape index (κ2) is 24.0. The normalized spacial score (nSPS) is 10.8. The minimum atomic E-state index is -2.23. The van der Waals surface area contributed by atoms with Gasteiger partial charge in [0.2, 0.25) is 12.4 Å². The highest BCUT2D eigenvalue weighted by Gasteiger charge is 2.35. The van der Waals surface area contributed by atoms with Gasteiger partial charge in [0.1, 0.15) is 11.5 Å². The van der Waals surface area contributed by atoms with Gasteiger partial charge in [-0.1, -0.05) is 152 Å². The standard InChI is InChI=1S/C22H21BO3.2C17H16NO2/c24-23(25)26-18-10-17-22(19-11-4-1-5-12-19,20-13-6-2-7-14-20)21-15-8-3-9-16-21;2*1-2-19-18-12-6-5-9-17(18)20-16-11-10-14-7-3-4-8-15(14)13-16/h1-9,11-16H,10,17-18H2;2*3-13H,2H2,1H3/q-2;2*+1. The topological polar surface area (TPSA) is 100 Å². The van der Waals surface area contributed by atoms with E-state index < -0.39 is 7.32 Å². The van der Waals surface area contributed by atoms with Crippen LogP contribution < -0.4 is 38.7 Å². The highest BCUT2D eigenvalue weighted by Crippen LogP contribution is 2.43. The summed E-state index contributed by atoms with van der Waals surface area (Å²) in [6, 6.07) is 71.0. The first-order chi connectivity index (χ1) is 32.5. The molecule has 10 heteroatoms. The first kappa shape index (κ1) is 46.5. The van der Waals surface area contributed by atoms with Crippen LogP contribution >= 0.6 is 0 Å². The molecule has 7 aromatic carbocycles. The number of ether oxygens (including phenoxy) is 2. The van der Waals surface area contributed by atoms with Crippen molar-refractivity contribution in [1.82, 2.24) is 0 Å². The summed E-state index contributed by atoms with van der Waals surface area (Å²) >= 11 is 0. The van der Waals surface area contributed by atoms with Gasteiger partial charge in [-0.2, -0.15) is 0 Å². The Bertz CT molecular complexity index is 2630. The molecular weight excluding hydrogens is 823 g/mol. The van der Waals surface area contributed by atoms with Crippen molar-refractivity contribution in [2.45, 2.75) is 32.1 Å². The zero-order valence-electron chi connectivity index (χ0n) is 37.2. The van der Waals surface area contributed by atoms with E-state index in [9.17, 15) is 10.0 Å². The van der Waals surface area contributed by atoms with Crippen LogP contribution in [0, 0.1) is 0 Å². The molecule has 0 fully saturated rings. The van der Waals surface area contributed by atoms with E-state index in [4.69, 9.17) is 23.8 Å². The third-order valence-corrected chi connectivity index (χ3v) is 10.8. The molecule has 66 heavy (non-hydrogen) atoms. The number of hydrogen-bond donors (Lipinski definition) is 0. The highest BCUT2D eigenvalue weighted by atomic mass is 16.7. The second-order valence-electron chi connectivity index (χ2n) is 15.1. The van der Waals surface area contributed by atoms with E-state index in [0.29, 0.717) is 31.4 Å². The molecule has 9 nitrogen and oxygen atoms in total. The maximum absolute atomic E-state index is 10.7. The lowest BCUT2D eigenvalue weighted by Crippen LogP contribution is -2.48. The van der Waals surface area contributed by atoms with E-state index in [2.05, 4.69) is 72.8 Å². The summed E-state index contributed by atoms with van der Waals surface area (Å²) in [6.07, 6.45) is 5.01. The van der Waals surface area contributed by atoms with E-state index in [1.165, 1.54) is 27.5 Å². The number of aromatic nitrogens is 2. The summed E-state index contributed by atoms with van der Waals surface area (Å²) < 4.78 is 19.8. The first-order valence-electron chi connectivity index (χ1n) is 22.2. The lowest BCUT2D eigenvalue weighted by molar-refractivity contribution is -0.892. The van der Waals surface area contributed by atoms with Gasteiger partial charge >= 0.3 is 11.8 Å². The number of nitrogens with zero attached hydrogens (tertiary/aromatic N) is 2. The Balaban J connectivity index is 0.000000149. The second-order valence-corrected chi connectivity index (χ2v) is 15.1. The molecule has 0 aliphatic carbocycles. The van der Waals surface area contributed by atoms with Crippen LogP contribution in [0.1, 0.15) is 43.4 Å². The molecule has 2 heterocycles. The van der Waals surface area contributed by atoms with Gasteiger partial charge in [-0.15, -0.1) is 0 Å². The molecule has 0 saturated carbocycles. The fourth-order valence-corrected chi connectivity index (χ4v) is 7.80. The monoisotopic (exact) mass is 876 g/mol. The lowest BCUT2D eigenvalue weighted by Gasteiger charge is -2.37. The maximum atomic E-state index is 10.7. The van der Waals surface area contributed by atoms with Crippen molar-refractivity contribution in [3.8, 4) is 23.3 Å². The Morgan fingerprint density at radius 2 is 0.818 bits per heavy atom. The van der Waals surface area contributed by atoms with Gasteiger partial charge in [-0.05, 0) is 101 Å². The van der Waals surface area contributed by atoms with Crippen molar-refractivity contribution < 1.29 is 43.3 Å². The molecule has 0 spiro atoms. The molecule has 332 valence electrons. The summed E-state index contributed by atoms with van der Waals surface area (Å²) in [5, 5.41) is 26.1. The van der Waals surface area contributed by atoms with E-state index in [1.807, 2.05) is 166 Å². The Morgan fingerprint density at radius 1 is 0.439 bits per heavy atom. The lowest BCUT2D eigenvalue weighted by atomic mass is 9.67. The molecule has 0 saturated heterocycles.